The zero-order valence-corrected chi connectivity index (χ0v) is 10.5. The Hall–Kier alpha value is -2.03. The van der Waals surface area contributed by atoms with Gasteiger partial charge in [-0.1, -0.05) is 44.2 Å². The van der Waals surface area contributed by atoms with E-state index >= 15 is 0 Å². The van der Waals surface area contributed by atoms with Crippen LogP contribution in [0, 0.1) is 5.92 Å². The molecule has 0 saturated heterocycles. The van der Waals surface area contributed by atoms with Gasteiger partial charge < -0.3 is 9.84 Å². The van der Waals surface area contributed by atoms with Gasteiger partial charge in [0.15, 0.2) is 0 Å². The van der Waals surface area contributed by atoms with Crippen LogP contribution >= 0.6 is 0 Å². The first kappa shape index (κ1) is 12.4. The molecule has 3 heteroatoms. The monoisotopic (exact) mass is 244 g/mol. The number of carbonyl (C=O) groups excluding carboxylic acids is 1. The molecule has 1 N–H and O–H groups in total. The zero-order chi connectivity index (χ0) is 13.1. The van der Waals surface area contributed by atoms with Crippen LogP contribution in [-0.2, 0) is 4.74 Å². The molecular formula is C15H16O3. The van der Waals surface area contributed by atoms with Gasteiger partial charge in [-0.15, -0.1) is 0 Å². The van der Waals surface area contributed by atoms with Crippen LogP contribution in [0.1, 0.15) is 24.2 Å². The number of phenols is 1. The summed E-state index contributed by atoms with van der Waals surface area (Å²) in [5, 5.41) is 11.6. The Morgan fingerprint density at radius 1 is 1.22 bits per heavy atom. The zero-order valence-electron chi connectivity index (χ0n) is 10.5. The van der Waals surface area contributed by atoms with Gasteiger partial charge in [0.2, 0.25) is 0 Å². The molecule has 0 aromatic heterocycles. The van der Waals surface area contributed by atoms with E-state index in [1.54, 1.807) is 18.2 Å². The lowest BCUT2D eigenvalue weighted by Crippen LogP contribution is -2.10. The Kier molecular flexibility index (Phi) is 3.51. The van der Waals surface area contributed by atoms with Crippen molar-refractivity contribution < 1.29 is 14.6 Å². The highest BCUT2D eigenvalue weighted by atomic mass is 16.5. The van der Waals surface area contributed by atoms with Gasteiger partial charge in [0, 0.05) is 5.39 Å². The van der Waals surface area contributed by atoms with E-state index in [1.165, 1.54) is 0 Å². The lowest BCUT2D eigenvalue weighted by atomic mass is 10.1. The van der Waals surface area contributed by atoms with Crippen LogP contribution in [-0.4, -0.2) is 17.7 Å². The summed E-state index contributed by atoms with van der Waals surface area (Å²) in [7, 11) is 0. The Bertz CT molecular complexity index is 573. The molecule has 0 saturated carbocycles. The van der Waals surface area contributed by atoms with Gasteiger partial charge >= 0.3 is 5.97 Å². The molecule has 0 aliphatic rings. The van der Waals surface area contributed by atoms with E-state index in [4.69, 9.17) is 4.74 Å². The molecule has 0 atom stereocenters. The smallest absolute Gasteiger partial charge is 0.341 e. The summed E-state index contributed by atoms with van der Waals surface area (Å²) in [4.78, 5) is 11.8. The van der Waals surface area contributed by atoms with Gasteiger partial charge in [-0.25, -0.2) is 4.79 Å². The molecule has 2 aromatic rings. The van der Waals surface area contributed by atoms with E-state index in [0.717, 1.165) is 5.39 Å². The Morgan fingerprint density at radius 3 is 2.67 bits per heavy atom. The molecule has 0 fully saturated rings. The molecule has 0 radical (unpaired) electrons. The van der Waals surface area contributed by atoms with Gasteiger partial charge in [0.05, 0.1) is 6.61 Å². The maximum atomic E-state index is 11.8. The summed E-state index contributed by atoms with van der Waals surface area (Å²) in [5.74, 6) is -0.217. The maximum absolute atomic E-state index is 11.8. The molecule has 94 valence electrons. The quantitative estimate of drug-likeness (QED) is 0.842. The van der Waals surface area contributed by atoms with Gasteiger partial charge in [0.25, 0.3) is 0 Å². The number of hydrogen-bond acceptors (Lipinski definition) is 3. The molecule has 0 aliphatic heterocycles. The molecule has 0 heterocycles. The molecule has 2 rings (SSSR count). The highest BCUT2D eigenvalue weighted by molar-refractivity contribution is 6.01. The number of fused-ring (bicyclic) bond motifs is 1. The number of aromatic hydroxyl groups is 1. The number of esters is 1. The van der Waals surface area contributed by atoms with Gasteiger partial charge in [0.1, 0.15) is 11.3 Å². The van der Waals surface area contributed by atoms with E-state index in [0.29, 0.717) is 12.0 Å². The molecule has 3 nitrogen and oxygen atoms in total. The van der Waals surface area contributed by atoms with Crippen LogP contribution in [0.5, 0.6) is 5.75 Å². The van der Waals surface area contributed by atoms with Crippen molar-refractivity contribution in [3.05, 3.63) is 42.0 Å². The summed E-state index contributed by atoms with van der Waals surface area (Å²) in [6.07, 6.45) is 0. The minimum atomic E-state index is -0.480. The number of phenolic OH excluding ortho intramolecular Hbond substituents is 1. The number of hydrogen-bond donors (Lipinski definition) is 1. The van der Waals surface area contributed by atoms with E-state index in [9.17, 15) is 9.90 Å². The van der Waals surface area contributed by atoms with E-state index < -0.39 is 5.97 Å². The van der Waals surface area contributed by atoms with Crippen molar-refractivity contribution >= 4 is 16.7 Å². The van der Waals surface area contributed by atoms with Crippen LogP contribution in [0.25, 0.3) is 10.8 Å². The highest BCUT2D eigenvalue weighted by Crippen LogP contribution is 2.28. The lowest BCUT2D eigenvalue weighted by molar-refractivity contribution is 0.0456. The maximum Gasteiger partial charge on any atom is 0.341 e. The predicted octanol–water partition coefficient (Wildman–Crippen LogP) is 3.36. The predicted molar refractivity (Wildman–Crippen MR) is 70.7 cm³/mol. The first-order chi connectivity index (χ1) is 8.59. The SMILES string of the molecule is CC(C)COC(=O)c1ccc2ccccc2c1O. The fourth-order valence-corrected chi connectivity index (χ4v) is 1.74. The molecule has 18 heavy (non-hydrogen) atoms. The van der Waals surface area contributed by atoms with Gasteiger partial charge in [-0.05, 0) is 17.4 Å². The molecule has 0 bridgehead atoms. The topological polar surface area (TPSA) is 46.5 Å². The fourth-order valence-electron chi connectivity index (χ4n) is 1.74. The first-order valence-corrected chi connectivity index (χ1v) is 5.97. The average Bonchev–Trinajstić information content (AvgIpc) is 2.37. The second-order valence-electron chi connectivity index (χ2n) is 4.68. The van der Waals surface area contributed by atoms with Crippen molar-refractivity contribution in [1.82, 2.24) is 0 Å². The number of rotatable bonds is 3. The van der Waals surface area contributed by atoms with Crippen LogP contribution in [0.4, 0.5) is 0 Å². The van der Waals surface area contributed by atoms with Crippen LogP contribution < -0.4 is 0 Å². The fraction of sp³-hybridized carbons (Fsp3) is 0.267. The largest absolute Gasteiger partial charge is 0.506 e. The van der Waals surface area contributed by atoms with E-state index in [-0.39, 0.29) is 17.2 Å². The van der Waals surface area contributed by atoms with Crippen LogP contribution in [0.2, 0.25) is 0 Å². The number of carbonyl (C=O) groups is 1. The normalized spacial score (nSPS) is 10.8. The standard InChI is InChI=1S/C15H16O3/c1-10(2)9-18-15(17)13-8-7-11-5-3-4-6-12(11)14(13)16/h3-8,10,16H,9H2,1-2H3. The third kappa shape index (κ3) is 2.45. The average molecular weight is 244 g/mol. The van der Waals surface area contributed by atoms with E-state index in [1.807, 2.05) is 32.0 Å². The molecular weight excluding hydrogens is 228 g/mol. The summed E-state index contributed by atoms with van der Waals surface area (Å²) in [6, 6.07) is 10.8. The summed E-state index contributed by atoms with van der Waals surface area (Å²) < 4.78 is 5.12. The lowest BCUT2D eigenvalue weighted by Gasteiger charge is -2.09. The van der Waals surface area contributed by atoms with Crippen molar-refractivity contribution in [2.24, 2.45) is 5.92 Å². The van der Waals surface area contributed by atoms with E-state index in [2.05, 4.69) is 0 Å². The van der Waals surface area contributed by atoms with Crippen molar-refractivity contribution in [1.29, 1.82) is 0 Å². The minimum Gasteiger partial charge on any atom is -0.506 e. The van der Waals surface area contributed by atoms with Crippen molar-refractivity contribution in [2.75, 3.05) is 6.61 Å². The minimum absolute atomic E-state index is 0.0122. The van der Waals surface area contributed by atoms with Gasteiger partial charge in [-0.3, -0.25) is 0 Å². The molecule has 0 spiro atoms. The van der Waals surface area contributed by atoms with Gasteiger partial charge in [-0.2, -0.15) is 0 Å². The number of ether oxygens (including phenoxy) is 1. The van der Waals surface area contributed by atoms with Crippen LogP contribution in [0.3, 0.4) is 0 Å². The molecule has 0 amide bonds. The second kappa shape index (κ2) is 5.08. The third-order valence-electron chi connectivity index (χ3n) is 2.67. The Labute approximate surface area is 106 Å². The van der Waals surface area contributed by atoms with Crippen LogP contribution in [0.15, 0.2) is 36.4 Å². The third-order valence-corrected chi connectivity index (χ3v) is 2.67. The van der Waals surface area contributed by atoms with Crippen molar-refractivity contribution in [3.63, 3.8) is 0 Å². The number of benzene rings is 2. The molecule has 2 aromatic carbocycles. The molecule has 0 unspecified atom stereocenters. The summed E-state index contributed by atoms with van der Waals surface area (Å²) in [5.41, 5.74) is 0.217. The Balaban J connectivity index is 2.34. The summed E-state index contributed by atoms with van der Waals surface area (Å²) in [6.45, 7) is 4.28. The summed E-state index contributed by atoms with van der Waals surface area (Å²) >= 11 is 0. The molecule has 0 aliphatic carbocycles. The first-order valence-electron chi connectivity index (χ1n) is 5.97. The highest BCUT2D eigenvalue weighted by Gasteiger charge is 2.15. The second-order valence-corrected chi connectivity index (χ2v) is 4.68. The van der Waals surface area contributed by atoms with Crippen molar-refractivity contribution in [3.8, 4) is 5.75 Å². The van der Waals surface area contributed by atoms with Crippen molar-refractivity contribution in [2.45, 2.75) is 13.8 Å². The Morgan fingerprint density at radius 2 is 1.94 bits per heavy atom.